The first-order chi connectivity index (χ1) is 8.31. The van der Waals surface area contributed by atoms with Crippen molar-refractivity contribution in [1.82, 2.24) is 0 Å². The zero-order valence-electron chi connectivity index (χ0n) is 9.71. The molecule has 1 heterocycles. The number of aliphatic imine (C=N–C) groups is 1. The van der Waals surface area contributed by atoms with E-state index >= 15 is 0 Å². The number of nitrogens with zero attached hydrogens (tertiary/aromatic N) is 1. The van der Waals surface area contributed by atoms with Crippen LogP contribution in [0.3, 0.4) is 0 Å². The molecule has 0 fully saturated rings. The summed E-state index contributed by atoms with van der Waals surface area (Å²) in [5.74, 6) is 0. The lowest BCUT2D eigenvalue weighted by atomic mass is 10.1. The van der Waals surface area contributed by atoms with Gasteiger partial charge in [0.05, 0.1) is 12.6 Å². The normalized spacial score (nSPS) is 13.6. The lowest BCUT2D eigenvalue weighted by molar-refractivity contribution is 0.269. The van der Waals surface area contributed by atoms with Gasteiger partial charge in [-0.1, -0.05) is 36.4 Å². The molecule has 0 saturated heterocycles. The summed E-state index contributed by atoms with van der Waals surface area (Å²) >= 11 is 1.67. The van der Waals surface area contributed by atoms with E-state index in [1.165, 1.54) is 0 Å². The smallest absolute Gasteiger partial charge is 0.0983 e. The van der Waals surface area contributed by atoms with E-state index in [0.717, 1.165) is 16.2 Å². The van der Waals surface area contributed by atoms with Crippen molar-refractivity contribution in [3.8, 4) is 0 Å². The molecule has 88 valence electrons. The van der Waals surface area contributed by atoms with Crippen LogP contribution in [-0.4, -0.2) is 17.4 Å². The van der Waals surface area contributed by atoms with Gasteiger partial charge < -0.3 is 5.11 Å². The average Bonchev–Trinajstić information content (AvgIpc) is 2.90. The molecule has 3 heteroatoms. The molecule has 0 bridgehead atoms. The second kappa shape index (κ2) is 5.75. The van der Waals surface area contributed by atoms with Crippen LogP contribution < -0.4 is 0 Å². The largest absolute Gasteiger partial charge is 0.394 e. The highest BCUT2D eigenvalue weighted by molar-refractivity contribution is 7.12. The Kier molecular flexibility index (Phi) is 4.07. The molecule has 0 amide bonds. The molecule has 1 atom stereocenters. The molecular formula is C14H15NOS. The van der Waals surface area contributed by atoms with Crippen molar-refractivity contribution in [1.29, 1.82) is 0 Å². The van der Waals surface area contributed by atoms with Gasteiger partial charge in [0, 0.05) is 10.6 Å². The lowest BCUT2D eigenvalue weighted by Gasteiger charge is -2.10. The van der Waals surface area contributed by atoms with Crippen molar-refractivity contribution < 1.29 is 5.11 Å². The van der Waals surface area contributed by atoms with Crippen LogP contribution in [0.25, 0.3) is 0 Å². The molecule has 1 N–H and O–H groups in total. The van der Waals surface area contributed by atoms with E-state index in [2.05, 4.69) is 4.99 Å². The summed E-state index contributed by atoms with van der Waals surface area (Å²) in [4.78, 5) is 5.74. The van der Waals surface area contributed by atoms with Crippen molar-refractivity contribution >= 4 is 17.0 Å². The van der Waals surface area contributed by atoms with Crippen LogP contribution in [0.2, 0.25) is 0 Å². The summed E-state index contributed by atoms with van der Waals surface area (Å²) in [5.41, 5.74) is 2.02. The third-order valence-electron chi connectivity index (χ3n) is 2.58. The Morgan fingerprint density at radius 3 is 2.59 bits per heavy atom. The Bertz CT molecular complexity index is 476. The second-order valence-electron chi connectivity index (χ2n) is 3.80. The van der Waals surface area contributed by atoms with Gasteiger partial charge in [0.1, 0.15) is 0 Å². The molecule has 2 nitrogen and oxygen atoms in total. The van der Waals surface area contributed by atoms with Crippen molar-refractivity contribution in [3.05, 3.63) is 58.3 Å². The fourth-order valence-electron chi connectivity index (χ4n) is 1.68. The third-order valence-corrected chi connectivity index (χ3v) is 3.56. The second-order valence-corrected chi connectivity index (χ2v) is 4.75. The Labute approximate surface area is 105 Å². The van der Waals surface area contributed by atoms with E-state index in [1.54, 1.807) is 11.3 Å². The van der Waals surface area contributed by atoms with Crippen LogP contribution in [0.4, 0.5) is 0 Å². The first-order valence-electron chi connectivity index (χ1n) is 5.55. The van der Waals surface area contributed by atoms with Gasteiger partial charge >= 0.3 is 0 Å². The van der Waals surface area contributed by atoms with Crippen molar-refractivity contribution in [2.75, 3.05) is 6.61 Å². The molecule has 0 aliphatic rings. The molecule has 0 radical (unpaired) electrons. The van der Waals surface area contributed by atoms with Crippen molar-refractivity contribution in [2.24, 2.45) is 4.99 Å². The Hall–Kier alpha value is -1.45. The van der Waals surface area contributed by atoms with E-state index in [1.807, 2.05) is 54.8 Å². The van der Waals surface area contributed by atoms with Crippen LogP contribution in [0.5, 0.6) is 0 Å². The lowest BCUT2D eigenvalue weighted by Crippen LogP contribution is -2.04. The third kappa shape index (κ3) is 3.02. The molecule has 2 rings (SSSR count). The number of rotatable bonds is 4. The Morgan fingerprint density at radius 2 is 2.00 bits per heavy atom. The molecule has 2 aromatic rings. The zero-order chi connectivity index (χ0) is 12.1. The average molecular weight is 245 g/mol. The molecule has 0 unspecified atom stereocenters. The molecule has 0 spiro atoms. The molecule has 0 saturated carbocycles. The number of aliphatic hydroxyl groups is 1. The summed E-state index contributed by atoms with van der Waals surface area (Å²) in [6, 6.07) is 13.8. The number of aliphatic hydroxyl groups excluding tert-OH is 1. The van der Waals surface area contributed by atoms with E-state index in [4.69, 9.17) is 0 Å². The molecule has 0 aliphatic heterocycles. The maximum absolute atomic E-state index is 9.42. The quantitative estimate of drug-likeness (QED) is 0.824. The highest BCUT2D eigenvalue weighted by Gasteiger charge is 2.09. The molecule has 1 aromatic carbocycles. The topological polar surface area (TPSA) is 32.6 Å². The highest BCUT2D eigenvalue weighted by atomic mass is 32.1. The van der Waals surface area contributed by atoms with E-state index in [0.29, 0.717) is 0 Å². The number of benzene rings is 1. The number of thiophene rings is 1. The van der Waals surface area contributed by atoms with Gasteiger partial charge in [-0.05, 0) is 23.9 Å². The maximum atomic E-state index is 9.42. The van der Waals surface area contributed by atoms with E-state index in [-0.39, 0.29) is 12.6 Å². The summed E-state index contributed by atoms with van der Waals surface area (Å²) in [6.45, 7) is 2.02. The van der Waals surface area contributed by atoms with Crippen molar-refractivity contribution in [2.45, 2.75) is 13.0 Å². The van der Waals surface area contributed by atoms with Gasteiger partial charge in [-0.3, -0.25) is 4.99 Å². The maximum Gasteiger partial charge on any atom is 0.0983 e. The minimum Gasteiger partial charge on any atom is -0.394 e. The van der Waals surface area contributed by atoms with Crippen molar-refractivity contribution in [3.63, 3.8) is 0 Å². The van der Waals surface area contributed by atoms with Gasteiger partial charge in [0.15, 0.2) is 0 Å². The number of hydrogen-bond acceptors (Lipinski definition) is 3. The highest BCUT2D eigenvalue weighted by Crippen LogP contribution is 2.19. The molecular weight excluding hydrogens is 230 g/mol. The fraction of sp³-hybridized carbons (Fsp3) is 0.214. The minimum atomic E-state index is -0.168. The summed E-state index contributed by atoms with van der Waals surface area (Å²) in [5, 5.41) is 11.5. The van der Waals surface area contributed by atoms with Crippen LogP contribution in [-0.2, 0) is 0 Å². The van der Waals surface area contributed by atoms with Gasteiger partial charge in [-0.15, -0.1) is 11.3 Å². The number of hydrogen-bond donors (Lipinski definition) is 1. The van der Waals surface area contributed by atoms with Crippen LogP contribution in [0, 0.1) is 0 Å². The van der Waals surface area contributed by atoms with Crippen LogP contribution in [0.15, 0.2) is 52.8 Å². The van der Waals surface area contributed by atoms with Gasteiger partial charge in [0.25, 0.3) is 0 Å². The monoisotopic (exact) mass is 245 g/mol. The zero-order valence-corrected chi connectivity index (χ0v) is 10.5. The minimum absolute atomic E-state index is 0.0345. The van der Waals surface area contributed by atoms with Crippen LogP contribution >= 0.6 is 11.3 Å². The van der Waals surface area contributed by atoms with Gasteiger partial charge in [-0.2, -0.15) is 0 Å². The van der Waals surface area contributed by atoms with Gasteiger partial charge in [-0.25, -0.2) is 0 Å². The summed E-state index contributed by atoms with van der Waals surface area (Å²) in [6.07, 6.45) is 0. The van der Waals surface area contributed by atoms with E-state index < -0.39 is 0 Å². The molecule has 1 aromatic heterocycles. The molecule has 17 heavy (non-hydrogen) atoms. The SMILES string of the molecule is CC(=N[C@@H](CO)c1ccccc1)c1cccs1. The first kappa shape index (κ1) is 12.0. The first-order valence-corrected chi connectivity index (χ1v) is 6.43. The predicted molar refractivity (Wildman–Crippen MR) is 72.8 cm³/mol. The van der Waals surface area contributed by atoms with E-state index in [9.17, 15) is 5.11 Å². The molecule has 0 aliphatic carbocycles. The Morgan fingerprint density at radius 1 is 1.24 bits per heavy atom. The summed E-state index contributed by atoms with van der Waals surface area (Å²) < 4.78 is 0. The van der Waals surface area contributed by atoms with Gasteiger partial charge in [0.2, 0.25) is 0 Å². The summed E-state index contributed by atoms with van der Waals surface area (Å²) in [7, 11) is 0. The fourth-order valence-corrected chi connectivity index (χ4v) is 2.36. The van der Waals surface area contributed by atoms with Crippen LogP contribution in [0.1, 0.15) is 23.4 Å². The standard InChI is InChI=1S/C14H15NOS/c1-11(14-8-5-9-17-14)15-13(10-16)12-6-3-2-4-7-12/h2-9,13,16H,10H2,1H3/t13-/m0/s1. The Balaban J connectivity index is 2.23. The predicted octanol–water partition coefficient (Wildman–Crippen LogP) is 3.29.